The second kappa shape index (κ2) is 7.62. The Morgan fingerprint density at radius 2 is 1.59 bits per heavy atom. The molecule has 1 unspecified atom stereocenters. The second-order valence-electron chi connectivity index (χ2n) is 9.32. The van der Waals surface area contributed by atoms with Crippen molar-refractivity contribution in [3.8, 4) is 0 Å². The number of non-ortho nitro benzene ring substituents is 1. The average Bonchev–Trinajstić information content (AvgIpc) is 3.45. The Kier molecular flexibility index (Phi) is 5.01. The van der Waals surface area contributed by atoms with Crippen LogP contribution in [-0.2, 0) is 27.2 Å². The third-order valence-electron chi connectivity index (χ3n) is 7.66. The fourth-order valence-electron chi connectivity index (χ4n) is 6.32. The molecule has 2 bridgehead atoms. The van der Waals surface area contributed by atoms with E-state index in [1.807, 2.05) is 0 Å². The van der Waals surface area contributed by atoms with Crippen LogP contribution in [0.4, 0.5) is 5.69 Å². The molecule has 6 heteroatoms. The maximum atomic E-state index is 13.7. The molecule has 2 aromatic rings. The molecule has 2 saturated heterocycles. The molecule has 6 nitrogen and oxygen atoms in total. The Labute approximate surface area is 187 Å². The smallest absolute Gasteiger partial charge is 0.269 e. The molecule has 166 valence electrons. The van der Waals surface area contributed by atoms with Crippen LogP contribution in [0.2, 0.25) is 0 Å². The first-order valence-electron chi connectivity index (χ1n) is 11.4. The minimum absolute atomic E-state index is 0.00707. The first kappa shape index (κ1) is 21.0. The van der Waals surface area contributed by atoms with Crippen LogP contribution in [0.25, 0.3) is 0 Å². The number of ether oxygens (including phenoxy) is 1. The number of hydrogen-bond donors (Lipinski definition) is 0. The number of benzene rings is 2. The number of nitro benzene ring substituents is 1. The van der Waals surface area contributed by atoms with Gasteiger partial charge in [0.25, 0.3) is 5.69 Å². The summed E-state index contributed by atoms with van der Waals surface area (Å²) < 4.78 is 6.17. The predicted molar refractivity (Wildman–Crippen MR) is 119 cm³/mol. The van der Waals surface area contributed by atoms with Crippen LogP contribution in [0.5, 0.6) is 0 Å². The van der Waals surface area contributed by atoms with E-state index in [9.17, 15) is 19.7 Å². The van der Waals surface area contributed by atoms with Crippen molar-refractivity contribution in [2.24, 2.45) is 11.8 Å². The summed E-state index contributed by atoms with van der Waals surface area (Å²) >= 11 is 0. The van der Waals surface area contributed by atoms with Gasteiger partial charge in [0.1, 0.15) is 5.92 Å². The highest BCUT2D eigenvalue weighted by atomic mass is 16.6. The lowest BCUT2D eigenvalue weighted by atomic mass is 9.73. The number of carbonyl (C=O) groups is 2. The minimum atomic E-state index is -0.694. The zero-order valence-electron chi connectivity index (χ0n) is 18.5. The van der Waals surface area contributed by atoms with Crippen molar-refractivity contribution in [1.82, 2.24) is 0 Å². The molecule has 0 amide bonds. The number of rotatable bonds is 5. The van der Waals surface area contributed by atoms with Crippen molar-refractivity contribution in [3.63, 3.8) is 0 Å². The lowest BCUT2D eigenvalue weighted by Gasteiger charge is -2.26. The first-order valence-corrected chi connectivity index (χ1v) is 11.4. The summed E-state index contributed by atoms with van der Waals surface area (Å²) in [7, 11) is 0. The number of nitrogens with zero attached hydrogens (tertiary/aromatic N) is 1. The summed E-state index contributed by atoms with van der Waals surface area (Å²) in [5.74, 6) is -1.51. The standard InChI is InChI=1S/C26H27NO5/c1-4-14-10-13(3)11-15(5-2)20(14)22-24(28)21-19-12-18(26(32-19)23(21)25(22)29)16-6-8-17(9-7-16)27(30)31/h6-11,18-19,21-23,26H,4-5,12H2,1-3H3/t18-,19-,21-,22?,23+,26+/m0/s1. The average molecular weight is 434 g/mol. The van der Waals surface area contributed by atoms with Crippen LogP contribution in [0.15, 0.2) is 36.4 Å². The van der Waals surface area contributed by atoms with Crippen molar-refractivity contribution >= 4 is 17.3 Å². The van der Waals surface area contributed by atoms with Crippen LogP contribution in [0.1, 0.15) is 59.9 Å². The monoisotopic (exact) mass is 433 g/mol. The quantitative estimate of drug-likeness (QED) is 0.395. The maximum Gasteiger partial charge on any atom is 0.269 e. The number of aryl methyl sites for hydroxylation is 3. The van der Waals surface area contributed by atoms with Gasteiger partial charge in [0.05, 0.1) is 29.0 Å². The highest BCUT2D eigenvalue weighted by Crippen LogP contribution is 2.57. The molecule has 3 fully saturated rings. The van der Waals surface area contributed by atoms with Crippen LogP contribution < -0.4 is 0 Å². The number of carbonyl (C=O) groups excluding carboxylic acids is 2. The van der Waals surface area contributed by atoms with Gasteiger partial charge in [-0.3, -0.25) is 19.7 Å². The molecule has 1 aliphatic carbocycles. The molecule has 1 saturated carbocycles. The van der Waals surface area contributed by atoms with Crippen LogP contribution in [-0.4, -0.2) is 28.7 Å². The number of nitro groups is 1. The number of fused-ring (bicyclic) bond motifs is 5. The Balaban J connectivity index is 1.50. The van der Waals surface area contributed by atoms with Crippen molar-refractivity contribution in [3.05, 3.63) is 74.3 Å². The molecule has 2 aromatic carbocycles. The molecule has 3 aliphatic rings. The van der Waals surface area contributed by atoms with Gasteiger partial charge in [-0.2, -0.15) is 0 Å². The fourth-order valence-corrected chi connectivity index (χ4v) is 6.32. The van der Waals surface area contributed by atoms with Crippen molar-refractivity contribution in [2.75, 3.05) is 0 Å². The molecule has 32 heavy (non-hydrogen) atoms. The molecule has 0 spiro atoms. The summed E-state index contributed by atoms with van der Waals surface area (Å²) in [5, 5.41) is 11.0. The maximum absolute atomic E-state index is 13.7. The van der Waals surface area contributed by atoms with Gasteiger partial charge >= 0.3 is 0 Å². The zero-order valence-corrected chi connectivity index (χ0v) is 18.5. The summed E-state index contributed by atoms with van der Waals surface area (Å²) in [6.07, 6.45) is 1.64. The highest BCUT2D eigenvalue weighted by molar-refractivity contribution is 6.17. The molecule has 2 heterocycles. The van der Waals surface area contributed by atoms with Crippen LogP contribution in [0.3, 0.4) is 0 Å². The predicted octanol–water partition coefficient (Wildman–Crippen LogP) is 4.45. The number of ketones is 2. The van der Waals surface area contributed by atoms with Gasteiger partial charge in [-0.25, -0.2) is 0 Å². The van der Waals surface area contributed by atoms with Gasteiger partial charge in [0.2, 0.25) is 0 Å². The van der Waals surface area contributed by atoms with Gasteiger partial charge in [0, 0.05) is 18.1 Å². The largest absolute Gasteiger partial charge is 0.373 e. The molecule has 0 aromatic heterocycles. The molecule has 6 atom stereocenters. The molecule has 0 radical (unpaired) electrons. The molecular weight excluding hydrogens is 406 g/mol. The topological polar surface area (TPSA) is 86.5 Å². The number of Topliss-reactive ketones (excluding diaryl/α,β-unsaturated/α-hetero) is 2. The molecule has 0 N–H and O–H groups in total. The van der Waals surface area contributed by atoms with Crippen LogP contribution >= 0.6 is 0 Å². The van der Waals surface area contributed by atoms with Gasteiger partial charge in [-0.05, 0) is 48.4 Å². The van der Waals surface area contributed by atoms with Crippen molar-refractivity contribution < 1.29 is 19.2 Å². The second-order valence-corrected chi connectivity index (χ2v) is 9.32. The van der Waals surface area contributed by atoms with E-state index in [0.717, 1.165) is 40.7 Å². The van der Waals surface area contributed by atoms with E-state index in [-0.39, 0.29) is 41.3 Å². The highest BCUT2D eigenvalue weighted by Gasteiger charge is 2.66. The van der Waals surface area contributed by atoms with Gasteiger partial charge in [-0.1, -0.05) is 43.7 Å². The molecule has 5 rings (SSSR count). The number of hydrogen-bond acceptors (Lipinski definition) is 5. The van der Waals surface area contributed by atoms with Crippen molar-refractivity contribution in [2.45, 2.75) is 64.1 Å². The first-order chi connectivity index (χ1) is 15.3. The summed E-state index contributed by atoms with van der Waals surface area (Å²) in [4.78, 5) is 37.9. The minimum Gasteiger partial charge on any atom is -0.373 e. The van der Waals surface area contributed by atoms with Gasteiger partial charge in [0.15, 0.2) is 11.6 Å². The Bertz CT molecular complexity index is 1100. The lowest BCUT2D eigenvalue weighted by molar-refractivity contribution is -0.384. The van der Waals surface area contributed by atoms with E-state index in [1.54, 1.807) is 12.1 Å². The molecule has 2 aliphatic heterocycles. The SMILES string of the molecule is CCc1cc(C)cc(CC)c1C1C(=O)[C@@H]2[C@@H]3O[C@@H](C[C@H]3c3ccc([N+](=O)[O-])cc3)[C@@H]2C1=O. The van der Waals surface area contributed by atoms with Crippen LogP contribution in [0, 0.1) is 28.9 Å². The normalized spacial score (nSPS) is 30.7. The van der Waals surface area contributed by atoms with E-state index in [0.29, 0.717) is 6.42 Å². The zero-order chi connectivity index (χ0) is 22.7. The summed E-state index contributed by atoms with van der Waals surface area (Å²) in [5.41, 5.74) is 5.24. The van der Waals surface area contributed by atoms with E-state index < -0.39 is 16.8 Å². The lowest BCUT2D eigenvalue weighted by Crippen LogP contribution is -2.34. The summed E-state index contributed by atoms with van der Waals surface area (Å²) in [6.45, 7) is 6.19. The summed E-state index contributed by atoms with van der Waals surface area (Å²) in [6, 6.07) is 10.7. The molecular formula is C26H27NO5. The fraction of sp³-hybridized carbons (Fsp3) is 0.462. The van der Waals surface area contributed by atoms with E-state index in [4.69, 9.17) is 4.74 Å². The van der Waals surface area contributed by atoms with Crippen molar-refractivity contribution in [1.29, 1.82) is 0 Å². The van der Waals surface area contributed by atoms with E-state index in [1.165, 1.54) is 12.1 Å². The third-order valence-corrected chi connectivity index (χ3v) is 7.66. The van der Waals surface area contributed by atoms with Gasteiger partial charge < -0.3 is 4.74 Å². The van der Waals surface area contributed by atoms with E-state index in [2.05, 4.69) is 32.9 Å². The van der Waals surface area contributed by atoms with E-state index >= 15 is 0 Å². The third kappa shape index (κ3) is 2.96. The van der Waals surface area contributed by atoms with Gasteiger partial charge in [-0.15, -0.1) is 0 Å². The Morgan fingerprint density at radius 1 is 1.00 bits per heavy atom. The Hall–Kier alpha value is -2.86. The Morgan fingerprint density at radius 3 is 2.16 bits per heavy atom.